The van der Waals surface area contributed by atoms with E-state index in [9.17, 15) is 0 Å². The molecule has 0 aliphatic heterocycles. The van der Waals surface area contributed by atoms with E-state index in [1.54, 1.807) is 6.26 Å². The van der Waals surface area contributed by atoms with Gasteiger partial charge < -0.3 is 9.73 Å². The lowest BCUT2D eigenvalue weighted by atomic mass is 10.2. The Balaban J connectivity index is 2.29. The zero-order valence-corrected chi connectivity index (χ0v) is 7.42. The SMILES string of the molecule is C=CCCN[C@H](C)c1ccco1. The smallest absolute Gasteiger partial charge is 0.120 e. The highest BCUT2D eigenvalue weighted by Crippen LogP contribution is 2.11. The van der Waals surface area contributed by atoms with E-state index in [0.29, 0.717) is 6.04 Å². The first kappa shape index (κ1) is 9.07. The molecular weight excluding hydrogens is 150 g/mol. The maximum absolute atomic E-state index is 5.24. The fraction of sp³-hybridized carbons (Fsp3) is 0.400. The highest BCUT2D eigenvalue weighted by atomic mass is 16.3. The summed E-state index contributed by atoms with van der Waals surface area (Å²) in [7, 11) is 0. The van der Waals surface area contributed by atoms with Crippen molar-refractivity contribution in [3.05, 3.63) is 36.8 Å². The molecule has 1 heterocycles. The second-order valence-electron chi connectivity index (χ2n) is 2.77. The van der Waals surface area contributed by atoms with Crippen LogP contribution in [0.4, 0.5) is 0 Å². The first-order valence-electron chi connectivity index (χ1n) is 4.22. The van der Waals surface area contributed by atoms with Gasteiger partial charge in [-0.1, -0.05) is 6.08 Å². The van der Waals surface area contributed by atoms with Crippen molar-refractivity contribution in [2.75, 3.05) is 6.54 Å². The molecule has 0 bridgehead atoms. The molecule has 0 saturated heterocycles. The molecule has 0 fully saturated rings. The van der Waals surface area contributed by atoms with Crippen LogP contribution in [0, 0.1) is 0 Å². The molecule has 1 aromatic rings. The molecule has 0 aromatic carbocycles. The lowest BCUT2D eigenvalue weighted by molar-refractivity contribution is 0.433. The fourth-order valence-electron chi connectivity index (χ4n) is 1.04. The number of nitrogens with one attached hydrogen (secondary N) is 1. The summed E-state index contributed by atoms with van der Waals surface area (Å²) < 4.78 is 5.24. The average Bonchev–Trinajstić information content (AvgIpc) is 2.56. The van der Waals surface area contributed by atoms with E-state index in [0.717, 1.165) is 18.7 Å². The summed E-state index contributed by atoms with van der Waals surface area (Å²) in [5.74, 6) is 0.985. The largest absolute Gasteiger partial charge is 0.468 e. The summed E-state index contributed by atoms with van der Waals surface area (Å²) in [5, 5.41) is 3.32. The van der Waals surface area contributed by atoms with Gasteiger partial charge >= 0.3 is 0 Å². The molecule has 0 amide bonds. The van der Waals surface area contributed by atoms with Crippen LogP contribution in [0.25, 0.3) is 0 Å². The third-order valence-electron chi connectivity index (χ3n) is 1.77. The number of hydrogen-bond donors (Lipinski definition) is 1. The van der Waals surface area contributed by atoms with E-state index < -0.39 is 0 Å². The van der Waals surface area contributed by atoms with Gasteiger partial charge in [-0.2, -0.15) is 0 Å². The van der Waals surface area contributed by atoms with Gasteiger partial charge in [0.15, 0.2) is 0 Å². The topological polar surface area (TPSA) is 25.2 Å². The van der Waals surface area contributed by atoms with Crippen molar-refractivity contribution in [2.45, 2.75) is 19.4 Å². The van der Waals surface area contributed by atoms with Crippen LogP contribution < -0.4 is 5.32 Å². The minimum Gasteiger partial charge on any atom is -0.468 e. The van der Waals surface area contributed by atoms with Crippen molar-refractivity contribution in [3.8, 4) is 0 Å². The summed E-state index contributed by atoms with van der Waals surface area (Å²) in [6, 6.07) is 4.17. The van der Waals surface area contributed by atoms with Crippen LogP contribution in [-0.2, 0) is 0 Å². The average molecular weight is 165 g/mol. The molecule has 1 N–H and O–H groups in total. The third kappa shape index (κ3) is 2.55. The molecular formula is C10H15NO. The minimum atomic E-state index is 0.292. The van der Waals surface area contributed by atoms with Crippen LogP contribution in [0.15, 0.2) is 35.5 Å². The summed E-state index contributed by atoms with van der Waals surface area (Å²) in [6.07, 6.45) is 4.59. The Morgan fingerprint density at radius 1 is 1.75 bits per heavy atom. The maximum Gasteiger partial charge on any atom is 0.120 e. The van der Waals surface area contributed by atoms with Gasteiger partial charge in [-0.25, -0.2) is 0 Å². The molecule has 0 radical (unpaired) electrons. The van der Waals surface area contributed by atoms with Crippen LogP contribution in [-0.4, -0.2) is 6.54 Å². The molecule has 1 atom stereocenters. The van der Waals surface area contributed by atoms with Crippen LogP contribution in [0.5, 0.6) is 0 Å². The van der Waals surface area contributed by atoms with Crippen molar-refractivity contribution < 1.29 is 4.42 Å². The number of rotatable bonds is 5. The van der Waals surface area contributed by atoms with Gasteiger partial charge in [-0.05, 0) is 32.0 Å². The van der Waals surface area contributed by atoms with E-state index in [1.807, 2.05) is 18.2 Å². The van der Waals surface area contributed by atoms with Crippen molar-refractivity contribution in [1.29, 1.82) is 0 Å². The molecule has 0 saturated carbocycles. The Hall–Kier alpha value is -1.02. The van der Waals surface area contributed by atoms with Crippen LogP contribution >= 0.6 is 0 Å². The molecule has 0 spiro atoms. The number of furan rings is 1. The van der Waals surface area contributed by atoms with Crippen LogP contribution in [0.1, 0.15) is 25.1 Å². The molecule has 0 aliphatic carbocycles. The quantitative estimate of drug-likeness (QED) is 0.535. The van der Waals surface area contributed by atoms with Gasteiger partial charge in [-0.15, -0.1) is 6.58 Å². The molecule has 2 nitrogen and oxygen atoms in total. The normalized spacial score (nSPS) is 12.8. The molecule has 1 rings (SSSR count). The zero-order chi connectivity index (χ0) is 8.81. The van der Waals surface area contributed by atoms with Gasteiger partial charge in [0.25, 0.3) is 0 Å². The molecule has 0 unspecified atom stereocenters. The standard InChI is InChI=1S/C10H15NO/c1-3-4-7-11-9(2)10-6-5-8-12-10/h3,5-6,8-9,11H,1,4,7H2,2H3/t9-/m1/s1. The van der Waals surface area contributed by atoms with Crippen LogP contribution in [0.3, 0.4) is 0 Å². The number of hydrogen-bond acceptors (Lipinski definition) is 2. The molecule has 0 aliphatic rings. The molecule has 2 heteroatoms. The van der Waals surface area contributed by atoms with Crippen molar-refractivity contribution in [3.63, 3.8) is 0 Å². The monoisotopic (exact) mass is 165 g/mol. The van der Waals surface area contributed by atoms with E-state index in [1.165, 1.54) is 0 Å². The highest BCUT2D eigenvalue weighted by Gasteiger charge is 2.04. The summed E-state index contributed by atoms with van der Waals surface area (Å²) in [5.41, 5.74) is 0. The molecule has 12 heavy (non-hydrogen) atoms. The van der Waals surface area contributed by atoms with Gasteiger partial charge in [0.05, 0.1) is 12.3 Å². The lowest BCUT2D eigenvalue weighted by Crippen LogP contribution is -2.18. The Kier molecular flexibility index (Phi) is 3.61. The summed E-state index contributed by atoms with van der Waals surface area (Å²) in [6.45, 7) is 6.69. The predicted molar refractivity (Wildman–Crippen MR) is 49.9 cm³/mol. The van der Waals surface area contributed by atoms with Gasteiger partial charge in [0.1, 0.15) is 5.76 Å². The Morgan fingerprint density at radius 3 is 3.17 bits per heavy atom. The maximum atomic E-state index is 5.24. The Bertz CT molecular complexity index is 216. The second-order valence-corrected chi connectivity index (χ2v) is 2.77. The lowest BCUT2D eigenvalue weighted by Gasteiger charge is -2.09. The van der Waals surface area contributed by atoms with Gasteiger partial charge in [-0.3, -0.25) is 0 Å². The van der Waals surface area contributed by atoms with Crippen molar-refractivity contribution >= 4 is 0 Å². The highest BCUT2D eigenvalue weighted by molar-refractivity contribution is 5.02. The minimum absolute atomic E-state index is 0.292. The zero-order valence-electron chi connectivity index (χ0n) is 7.42. The fourth-order valence-corrected chi connectivity index (χ4v) is 1.04. The van der Waals surface area contributed by atoms with Crippen LogP contribution in [0.2, 0.25) is 0 Å². The van der Waals surface area contributed by atoms with E-state index in [4.69, 9.17) is 4.42 Å². The first-order chi connectivity index (χ1) is 5.84. The van der Waals surface area contributed by atoms with E-state index in [2.05, 4.69) is 18.8 Å². The Labute approximate surface area is 73.3 Å². The molecule has 1 aromatic heterocycles. The van der Waals surface area contributed by atoms with Crippen molar-refractivity contribution in [1.82, 2.24) is 5.32 Å². The summed E-state index contributed by atoms with van der Waals surface area (Å²) >= 11 is 0. The second kappa shape index (κ2) is 4.78. The Morgan fingerprint density at radius 2 is 2.58 bits per heavy atom. The predicted octanol–water partition coefficient (Wildman–Crippen LogP) is 2.51. The van der Waals surface area contributed by atoms with E-state index in [-0.39, 0.29) is 0 Å². The molecule has 66 valence electrons. The van der Waals surface area contributed by atoms with E-state index >= 15 is 0 Å². The van der Waals surface area contributed by atoms with Gasteiger partial charge in [0, 0.05) is 0 Å². The van der Waals surface area contributed by atoms with Crippen molar-refractivity contribution in [2.24, 2.45) is 0 Å². The third-order valence-corrected chi connectivity index (χ3v) is 1.77. The first-order valence-corrected chi connectivity index (χ1v) is 4.22. The van der Waals surface area contributed by atoms with Gasteiger partial charge in [0.2, 0.25) is 0 Å². The summed E-state index contributed by atoms with van der Waals surface area (Å²) in [4.78, 5) is 0.